The number of hydrogen-bond acceptors (Lipinski definition) is 4. The van der Waals surface area contributed by atoms with Gasteiger partial charge in [0.1, 0.15) is 18.1 Å². The summed E-state index contributed by atoms with van der Waals surface area (Å²) in [5.41, 5.74) is 0.535. The van der Waals surface area contributed by atoms with E-state index in [1.807, 2.05) is 42.5 Å². The molecule has 0 radical (unpaired) electrons. The zero-order chi connectivity index (χ0) is 21.9. The van der Waals surface area contributed by atoms with Crippen LogP contribution in [0.2, 0.25) is 0 Å². The summed E-state index contributed by atoms with van der Waals surface area (Å²) in [5, 5.41) is 7.24. The zero-order valence-electron chi connectivity index (χ0n) is 17.7. The van der Waals surface area contributed by atoms with Gasteiger partial charge >= 0.3 is 11.8 Å². The molecule has 0 aliphatic carbocycles. The number of nitrogens with one attached hydrogen (secondary N) is 2. The molecule has 6 nitrogen and oxygen atoms in total. The van der Waals surface area contributed by atoms with E-state index >= 15 is 0 Å². The Hall–Kier alpha value is -3.54. The lowest BCUT2D eigenvalue weighted by Gasteiger charge is -2.10. The van der Waals surface area contributed by atoms with Crippen molar-refractivity contribution in [1.82, 2.24) is 5.32 Å². The highest BCUT2D eigenvalue weighted by molar-refractivity contribution is 6.39. The van der Waals surface area contributed by atoms with Crippen molar-refractivity contribution in [3.8, 4) is 11.5 Å². The second-order valence-electron chi connectivity index (χ2n) is 7.12. The third-order valence-electron chi connectivity index (χ3n) is 4.73. The number of hydrogen-bond donors (Lipinski definition) is 2. The van der Waals surface area contributed by atoms with Gasteiger partial charge in [0.25, 0.3) is 0 Å². The largest absolute Gasteiger partial charge is 0.494 e. The highest BCUT2D eigenvalue weighted by Crippen LogP contribution is 2.24. The fourth-order valence-electron chi connectivity index (χ4n) is 3.09. The average Bonchev–Trinajstić information content (AvgIpc) is 2.80. The van der Waals surface area contributed by atoms with Crippen LogP contribution in [0.3, 0.4) is 0 Å². The van der Waals surface area contributed by atoms with E-state index < -0.39 is 11.8 Å². The van der Waals surface area contributed by atoms with E-state index in [9.17, 15) is 9.59 Å². The summed E-state index contributed by atoms with van der Waals surface area (Å²) in [7, 11) is 0. The molecule has 162 valence electrons. The van der Waals surface area contributed by atoms with Crippen LogP contribution in [0, 0.1) is 0 Å². The van der Waals surface area contributed by atoms with Crippen LogP contribution in [0.1, 0.15) is 26.2 Å². The second kappa shape index (κ2) is 11.6. The Kier molecular flexibility index (Phi) is 8.29. The fraction of sp³-hybridized carbons (Fsp3) is 0.280. The monoisotopic (exact) mass is 420 g/mol. The van der Waals surface area contributed by atoms with Gasteiger partial charge in [0, 0.05) is 11.1 Å². The molecule has 0 fully saturated rings. The minimum Gasteiger partial charge on any atom is -0.494 e. The van der Waals surface area contributed by atoms with Gasteiger partial charge in [0.2, 0.25) is 0 Å². The van der Waals surface area contributed by atoms with Crippen LogP contribution < -0.4 is 20.1 Å². The summed E-state index contributed by atoms with van der Waals surface area (Å²) in [6.07, 6.45) is 3.29. The van der Waals surface area contributed by atoms with Crippen LogP contribution in [-0.2, 0) is 9.59 Å². The first-order valence-corrected chi connectivity index (χ1v) is 10.6. The Morgan fingerprint density at radius 3 is 2.39 bits per heavy atom. The van der Waals surface area contributed by atoms with Crippen LogP contribution >= 0.6 is 0 Å². The summed E-state index contributed by atoms with van der Waals surface area (Å²) < 4.78 is 11.4. The van der Waals surface area contributed by atoms with Crippen LogP contribution in [-0.4, -0.2) is 31.6 Å². The summed E-state index contributed by atoms with van der Waals surface area (Å²) >= 11 is 0. The molecule has 2 N–H and O–H groups in total. The molecule has 0 heterocycles. The lowest BCUT2D eigenvalue weighted by atomic mass is 10.1. The van der Waals surface area contributed by atoms with Gasteiger partial charge in [-0.3, -0.25) is 9.59 Å². The molecule has 3 aromatic rings. The number of ether oxygens (including phenoxy) is 2. The Morgan fingerprint density at radius 1 is 0.806 bits per heavy atom. The molecule has 6 heteroatoms. The van der Waals surface area contributed by atoms with E-state index in [2.05, 4.69) is 17.6 Å². The lowest BCUT2D eigenvalue weighted by Crippen LogP contribution is -2.37. The molecule has 31 heavy (non-hydrogen) atoms. The van der Waals surface area contributed by atoms with E-state index in [1.165, 1.54) is 0 Å². The molecule has 0 unspecified atom stereocenters. The fourth-order valence-corrected chi connectivity index (χ4v) is 3.09. The number of fused-ring (bicyclic) bond motifs is 1. The molecular weight excluding hydrogens is 392 g/mol. The molecular formula is C25H28N2O4. The van der Waals surface area contributed by atoms with Gasteiger partial charge in [0.15, 0.2) is 0 Å². The van der Waals surface area contributed by atoms with Gasteiger partial charge in [-0.25, -0.2) is 0 Å². The maximum atomic E-state index is 12.1. The summed E-state index contributed by atoms with van der Waals surface area (Å²) in [4.78, 5) is 24.1. The zero-order valence-corrected chi connectivity index (χ0v) is 17.7. The molecule has 0 aliphatic heterocycles. The third-order valence-corrected chi connectivity index (χ3v) is 4.73. The highest BCUT2D eigenvalue weighted by atomic mass is 16.5. The van der Waals surface area contributed by atoms with E-state index in [0.717, 1.165) is 41.5 Å². The smallest absolute Gasteiger partial charge is 0.313 e. The van der Waals surface area contributed by atoms with Gasteiger partial charge in [-0.2, -0.15) is 0 Å². The number of anilines is 1. The van der Waals surface area contributed by atoms with Crippen LogP contribution in [0.4, 0.5) is 5.69 Å². The maximum absolute atomic E-state index is 12.1. The number of carbonyl (C=O) groups excluding carboxylic acids is 2. The average molecular weight is 421 g/mol. The molecule has 0 saturated heterocycles. The Balaban J connectivity index is 1.40. The third kappa shape index (κ3) is 6.74. The predicted molar refractivity (Wildman–Crippen MR) is 123 cm³/mol. The molecule has 0 atom stereocenters. The minimum atomic E-state index is -0.721. The van der Waals surface area contributed by atoms with Crippen molar-refractivity contribution in [2.24, 2.45) is 0 Å². The molecule has 3 aromatic carbocycles. The number of unbranched alkanes of at least 4 members (excludes halogenated alkanes) is 2. The maximum Gasteiger partial charge on any atom is 0.313 e. The topological polar surface area (TPSA) is 76.7 Å². The van der Waals surface area contributed by atoms with E-state index in [-0.39, 0.29) is 13.2 Å². The van der Waals surface area contributed by atoms with Gasteiger partial charge < -0.3 is 20.1 Å². The molecule has 0 spiro atoms. The first kappa shape index (κ1) is 22.2. The Bertz CT molecular complexity index is 997. The SMILES string of the molecule is CCCCCOc1ccc(NC(=O)C(=O)NCCOc2cccc3ccccc23)cc1. The van der Waals surface area contributed by atoms with Gasteiger partial charge in [-0.05, 0) is 42.1 Å². The number of amides is 2. The van der Waals surface area contributed by atoms with Crippen molar-refractivity contribution >= 4 is 28.3 Å². The number of carbonyl (C=O) groups is 2. The Labute approximate surface area is 182 Å². The van der Waals surface area contributed by atoms with Gasteiger partial charge in [-0.15, -0.1) is 0 Å². The standard InChI is InChI=1S/C25H28N2O4/c1-2-3-6-17-30-21-14-12-20(13-15-21)27-25(29)24(28)26-16-18-31-23-11-7-9-19-8-4-5-10-22(19)23/h4-5,7-15H,2-3,6,16-18H2,1H3,(H,26,28)(H,27,29). The van der Waals surface area contributed by atoms with Gasteiger partial charge in [-0.1, -0.05) is 56.2 Å². The first-order chi connectivity index (χ1) is 15.2. The lowest BCUT2D eigenvalue weighted by molar-refractivity contribution is -0.136. The molecule has 0 aliphatic rings. The van der Waals surface area contributed by atoms with Crippen molar-refractivity contribution in [3.05, 3.63) is 66.7 Å². The summed E-state index contributed by atoms with van der Waals surface area (Å²) in [6.45, 7) is 3.30. The number of rotatable bonds is 10. The first-order valence-electron chi connectivity index (χ1n) is 10.6. The van der Waals surface area contributed by atoms with Crippen LogP contribution in [0.15, 0.2) is 66.7 Å². The quantitative estimate of drug-likeness (QED) is 0.373. The molecule has 3 rings (SSSR count). The van der Waals surface area contributed by atoms with E-state index in [4.69, 9.17) is 9.47 Å². The minimum absolute atomic E-state index is 0.222. The van der Waals surface area contributed by atoms with Crippen molar-refractivity contribution in [2.45, 2.75) is 26.2 Å². The Morgan fingerprint density at radius 2 is 1.58 bits per heavy atom. The van der Waals surface area contributed by atoms with E-state index in [0.29, 0.717) is 12.3 Å². The molecule has 2 amide bonds. The molecule has 0 bridgehead atoms. The van der Waals surface area contributed by atoms with Crippen molar-refractivity contribution in [1.29, 1.82) is 0 Å². The second-order valence-corrected chi connectivity index (χ2v) is 7.12. The van der Waals surface area contributed by atoms with Crippen LogP contribution in [0.5, 0.6) is 11.5 Å². The normalized spacial score (nSPS) is 10.5. The van der Waals surface area contributed by atoms with E-state index in [1.54, 1.807) is 24.3 Å². The predicted octanol–water partition coefficient (Wildman–Crippen LogP) is 4.54. The van der Waals surface area contributed by atoms with Gasteiger partial charge in [0.05, 0.1) is 13.2 Å². The van der Waals surface area contributed by atoms with Crippen LogP contribution in [0.25, 0.3) is 10.8 Å². The molecule has 0 saturated carbocycles. The molecule has 0 aromatic heterocycles. The summed E-state index contributed by atoms with van der Waals surface area (Å²) in [5.74, 6) is 0.0566. The summed E-state index contributed by atoms with van der Waals surface area (Å²) in [6, 6.07) is 20.7. The van der Waals surface area contributed by atoms with Crippen molar-refractivity contribution < 1.29 is 19.1 Å². The number of benzene rings is 3. The van der Waals surface area contributed by atoms with Crippen molar-refractivity contribution in [2.75, 3.05) is 25.1 Å². The van der Waals surface area contributed by atoms with Crippen molar-refractivity contribution in [3.63, 3.8) is 0 Å². The highest BCUT2D eigenvalue weighted by Gasteiger charge is 2.13.